The molecule has 0 aliphatic carbocycles. The molecule has 2 rings (SSSR count). The number of ether oxygens (including phenoxy) is 2. The Morgan fingerprint density at radius 1 is 0.559 bits per heavy atom. The highest BCUT2D eigenvalue weighted by molar-refractivity contribution is 5.72. The lowest BCUT2D eigenvalue weighted by atomic mass is 10.1. The Balaban J connectivity index is 1.44. The van der Waals surface area contributed by atoms with Gasteiger partial charge >= 0.3 is 11.9 Å². The summed E-state index contributed by atoms with van der Waals surface area (Å²) in [7, 11) is 0. The Kier molecular flexibility index (Phi) is 11.2. The quantitative estimate of drug-likeness (QED) is 0.102. The van der Waals surface area contributed by atoms with Gasteiger partial charge < -0.3 is 9.47 Å². The van der Waals surface area contributed by atoms with E-state index in [0.29, 0.717) is 24.3 Å². The van der Waals surface area contributed by atoms with Crippen LogP contribution in [0.3, 0.4) is 0 Å². The second kappa shape index (κ2) is 14.4. The molecule has 0 bridgehead atoms. The van der Waals surface area contributed by atoms with Crippen LogP contribution in [0.15, 0.2) is 48.5 Å². The minimum absolute atomic E-state index is 0.0537. The van der Waals surface area contributed by atoms with Crippen molar-refractivity contribution in [2.24, 2.45) is 0 Å². The summed E-state index contributed by atoms with van der Waals surface area (Å²) in [6.45, 7) is 0. The standard InChI is InChI=1S/C24H28N2O8/c27-23(33-21-15-11-19(12-16-21)25(29)30)9-7-5-3-1-2-4-6-8-10-24(28)34-22-17-13-20(14-18-22)26(31)32/h11-18H,1-10H2. The van der Waals surface area contributed by atoms with Crippen molar-refractivity contribution in [3.05, 3.63) is 68.8 Å². The topological polar surface area (TPSA) is 139 Å². The number of nitro groups is 2. The van der Waals surface area contributed by atoms with Gasteiger partial charge in [0.1, 0.15) is 11.5 Å². The number of nitro benzene ring substituents is 2. The van der Waals surface area contributed by atoms with E-state index in [-0.39, 0.29) is 23.3 Å². The largest absolute Gasteiger partial charge is 0.427 e. The van der Waals surface area contributed by atoms with Crippen LogP contribution in [0.4, 0.5) is 11.4 Å². The van der Waals surface area contributed by atoms with Crippen LogP contribution in [-0.2, 0) is 9.59 Å². The van der Waals surface area contributed by atoms with E-state index in [2.05, 4.69) is 0 Å². The van der Waals surface area contributed by atoms with Gasteiger partial charge in [-0.2, -0.15) is 0 Å². The summed E-state index contributed by atoms with van der Waals surface area (Å²) >= 11 is 0. The molecule has 0 saturated heterocycles. The predicted octanol–water partition coefficient (Wildman–Crippen LogP) is 5.92. The van der Waals surface area contributed by atoms with Gasteiger partial charge in [0.05, 0.1) is 9.85 Å². The van der Waals surface area contributed by atoms with Crippen molar-refractivity contribution >= 4 is 23.3 Å². The van der Waals surface area contributed by atoms with E-state index in [1.165, 1.54) is 48.5 Å². The maximum absolute atomic E-state index is 11.8. The number of rotatable bonds is 15. The van der Waals surface area contributed by atoms with Crippen LogP contribution in [-0.4, -0.2) is 21.8 Å². The highest BCUT2D eigenvalue weighted by Gasteiger charge is 2.09. The zero-order valence-corrected chi connectivity index (χ0v) is 18.9. The van der Waals surface area contributed by atoms with Gasteiger partial charge in [-0.25, -0.2) is 0 Å². The van der Waals surface area contributed by atoms with Crippen LogP contribution in [0.25, 0.3) is 0 Å². The smallest absolute Gasteiger partial charge is 0.311 e. The Labute approximate surface area is 197 Å². The van der Waals surface area contributed by atoms with E-state index in [1.54, 1.807) is 0 Å². The number of benzene rings is 2. The zero-order valence-electron chi connectivity index (χ0n) is 18.9. The van der Waals surface area contributed by atoms with Gasteiger partial charge in [0, 0.05) is 37.1 Å². The maximum atomic E-state index is 11.8. The fourth-order valence-electron chi connectivity index (χ4n) is 3.24. The molecule has 2 aromatic rings. The Hall–Kier alpha value is -3.82. The van der Waals surface area contributed by atoms with Gasteiger partial charge in [-0.05, 0) is 37.1 Å². The van der Waals surface area contributed by atoms with E-state index in [1.807, 2.05) is 0 Å². The molecule has 0 radical (unpaired) electrons. The van der Waals surface area contributed by atoms with Crippen molar-refractivity contribution in [2.75, 3.05) is 0 Å². The number of hydrogen-bond donors (Lipinski definition) is 0. The van der Waals surface area contributed by atoms with Crippen molar-refractivity contribution in [3.63, 3.8) is 0 Å². The molecule has 0 atom stereocenters. The van der Waals surface area contributed by atoms with Crippen molar-refractivity contribution < 1.29 is 28.9 Å². The van der Waals surface area contributed by atoms with Gasteiger partial charge in [-0.1, -0.05) is 38.5 Å². The van der Waals surface area contributed by atoms with Gasteiger partial charge in [-0.15, -0.1) is 0 Å². The molecule has 0 amide bonds. The molecule has 0 unspecified atom stereocenters. The molecular formula is C24H28N2O8. The highest BCUT2D eigenvalue weighted by atomic mass is 16.6. The molecule has 0 heterocycles. The van der Waals surface area contributed by atoms with Crippen LogP contribution in [0.5, 0.6) is 11.5 Å². The van der Waals surface area contributed by atoms with Gasteiger partial charge in [0.25, 0.3) is 11.4 Å². The molecule has 0 spiro atoms. The fraction of sp³-hybridized carbons (Fsp3) is 0.417. The predicted molar refractivity (Wildman–Crippen MR) is 124 cm³/mol. The number of carbonyl (C=O) groups excluding carboxylic acids is 2. The average Bonchev–Trinajstić information content (AvgIpc) is 2.81. The molecule has 0 aliphatic heterocycles. The normalized spacial score (nSPS) is 10.5. The van der Waals surface area contributed by atoms with E-state index in [9.17, 15) is 29.8 Å². The first-order chi connectivity index (χ1) is 16.3. The summed E-state index contributed by atoms with van der Waals surface area (Å²) in [6.07, 6.45) is 7.98. The summed E-state index contributed by atoms with van der Waals surface area (Å²) < 4.78 is 10.3. The molecule has 0 fully saturated rings. The third-order valence-corrected chi connectivity index (χ3v) is 5.07. The first kappa shape index (κ1) is 26.4. The first-order valence-electron chi connectivity index (χ1n) is 11.3. The molecular weight excluding hydrogens is 444 g/mol. The van der Waals surface area contributed by atoms with Crippen LogP contribution in [0, 0.1) is 20.2 Å². The fourth-order valence-corrected chi connectivity index (χ4v) is 3.24. The lowest BCUT2D eigenvalue weighted by Crippen LogP contribution is -2.07. The van der Waals surface area contributed by atoms with Crippen molar-refractivity contribution in [3.8, 4) is 11.5 Å². The molecule has 0 aliphatic rings. The van der Waals surface area contributed by atoms with Crippen LogP contribution in [0.2, 0.25) is 0 Å². The highest BCUT2D eigenvalue weighted by Crippen LogP contribution is 2.19. The summed E-state index contributed by atoms with van der Waals surface area (Å²) in [5.41, 5.74) is -0.107. The molecule has 0 N–H and O–H groups in total. The van der Waals surface area contributed by atoms with Gasteiger partial charge in [0.15, 0.2) is 0 Å². The second-order valence-corrected chi connectivity index (χ2v) is 7.78. The Bertz CT molecular complexity index is 878. The summed E-state index contributed by atoms with van der Waals surface area (Å²) in [6, 6.07) is 10.8. The Morgan fingerprint density at radius 2 is 0.853 bits per heavy atom. The lowest BCUT2D eigenvalue weighted by molar-refractivity contribution is -0.385. The van der Waals surface area contributed by atoms with Crippen molar-refractivity contribution in [1.82, 2.24) is 0 Å². The monoisotopic (exact) mass is 472 g/mol. The maximum Gasteiger partial charge on any atom is 0.311 e. The number of unbranched alkanes of at least 4 members (excludes halogenated alkanes) is 7. The third kappa shape index (κ3) is 10.2. The minimum atomic E-state index is -0.510. The van der Waals surface area contributed by atoms with E-state index < -0.39 is 9.85 Å². The van der Waals surface area contributed by atoms with Crippen LogP contribution in [0.1, 0.15) is 64.2 Å². The van der Waals surface area contributed by atoms with Gasteiger partial charge in [0.2, 0.25) is 0 Å². The summed E-state index contributed by atoms with van der Waals surface area (Å²) in [4.78, 5) is 43.9. The van der Waals surface area contributed by atoms with Crippen molar-refractivity contribution in [1.29, 1.82) is 0 Å². The van der Waals surface area contributed by atoms with E-state index >= 15 is 0 Å². The number of hydrogen-bond acceptors (Lipinski definition) is 8. The SMILES string of the molecule is O=C(CCCCCCCCCCC(=O)Oc1ccc([N+](=O)[O-])cc1)Oc1ccc([N+](=O)[O-])cc1. The third-order valence-electron chi connectivity index (χ3n) is 5.07. The first-order valence-corrected chi connectivity index (χ1v) is 11.3. The molecule has 10 nitrogen and oxygen atoms in total. The molecule has 182 valence electrons. The molecule has 0 saturated carbocycles. The summed E-state index contributed by atoms with van der Waals surface area (Å²) in [5.74, 6) is -0.108. The molecule has 10 heteroatoms. The number of carbonyl (C=O) groups is 2. The Morgan fingerprint density at radius 3 is 1.15 bits per heavy atom. The van der Waals surface area contributed by atoms with E-state index in [0.717, 1.165) is 51.4 Å². The van der Waals surface area contributed by atoms with Crippen LogP contribution >= 0.6 is 0 Å². The van der Waals surface area contributed by atoms with Crippen LogP contribution < -0.4 is 9.47 Å². The minimum Gasteiger partial charge on any atom is -0.427 e. The number of non-ortho nitro benzene ring substituents is 2. The molecule has 34 heavy (non-hydrogen) atoms. The number of esters is 2. The van der Waals surface area contributed by atoms with Gasteiger partial charge in [-0.3, -0.25) is 29.8 Å². The average molecular weight is 472 g/mol. The second-order valence-electron chi connectivity index (χ2n) is 7.78. The molecule has 0 aromatic heterocycles. The molecule has 2 aromatic carbocycles. The summed E-state index contributed by atoms with van der Waals surface area (Å²) in [5, 5.41) is 21.2. The lowest BCUT2D eigenvalue weighted by Gasteiger charge is -2.05. The van der Waals surface area contributed by atoms with E-state index in [4.69, 9.17) is 9.47 Å². The zero-order chi connectivity index (χ0) is 24.8. The van der Waals surface area contributed by atoms with Crippen molar-refractivity contribution in [2.45, 2.75) is 64.2 Å². The number of nitrogens with zero attached hydrogens (tertiary/aromatic N) is 2.